The van der Waals surface area contributed by atoms with Gasteiger partial charge in [-0.1, -0.05) is 0 Å². The molecule has 0 unspecified atom stereocenters. The molecule has 0 amide bonds. The summed E-state index contributed by atoms with van der Waals surface area (Å²) in [6.07, 6.45) is 1.76. The van der Waals surface area contributed by atoms with Crippen LogP contribution in [0.3, 0.4) is 0 Å². The van der Waals surface area contributed by atoms with E-state index in [4.69, 9.17) is 5.73 Å². The number of H-pyrrole nitrogens is 1. The zero-order valence-corrected chi connectivity index (χ0v) is 4.96. The summed E-state index contributed by atoms with van der Waals surface area (Å²) in [5.74, 6) is 0. The standard InChI is InChI=1S/C5H8N4/c6-3-1-4-5(2-3)8-9-7-4/h3H,1-2,6H2,(H,7,8,9). The van der Waals surface area contributed by atoms with Crippen molar-refractivity contribution in [2.45, 2.75) is 18.9 Å². The van der Waals surface area contributed by atoms with Gasteiger partial charge in [-0.3, -0.25) is 0 Å². The van der Waals surface area contributed by atoms with Gasteiger partial charge in [0.2, 0.25) is 0 Å². The second kappa shape index (κ2) is 1.54. The summed E-state index contributed by atoms with van der Waals surface area (Å²) < 4.78 is 0. The molecule has 0 saturated carbocycles. The highest BCUT2D eigenvalue weighted by atomic mass is 15.3. The number of nitrogens with one attached hydrogen (secondary N) is 1. The van der Waals surface area contributed by atoms with Crippen LogP contribution in [0.1, 0.15) is 11.4 Å². The maximum Gasteiger partial charge on any atom is 0.0872 e. The van der Waals surface area contributed by atoms with E-state index in [1.807, 2.05) is 0 Å². The molecule has 48 valence electrons. The van der Waals surface area contributed by atoms with Crippen LogP contribution < -0.4 is 5.73 Å². The Hall–Kier alpha value is -0.900. The second-order valence-electron chi connectivity index (χ2n) is 2.39. The number of nitrogens with zero attached hydrogens (tertiary/aromatic N) is 2. The van der Waals surface area contributed by atoms with E-state index in [0.717, 1.165) is 24.2 Å². The Morgan fingerprint density at radius 2 is 1.89 bits per heavy atom. The lowest BCUT2D eigenvalue weighted by Gasteiger charge is -1.94. The third-order valence-corrected chi connectivity index (χ3v) is 1.61. The first kappa shape index (κ1) is 4.93. The van der Waals surface area contributed by atoms with Crippen LogP contribution in [0.4, 0.5) is 0 Å². The molecule has 0 spiro atoms. The second-order valence-corrected chi connectivity index (χ2v) is 2.39. The summed E-state index contributed by atoms with van der Waals surface area (Å²) in [7, 11) is 0. The van der Waals surface area contributed by atoms with Gasteiger partial charge < -0.3 is 5.73 Å². The summed E-state index contributed by atoms with van der Waals surface area (Å²) in [5, 5.41) is 10.4. The highest BCUT2D eigenvalue weighted by Gasteiger charge is 2.21. The van der Waals surface area contributed by atoms with Crippen molar-refractivity contribution in [3.8, 4) is 0 Å². The Labute approximate surface area is 52.4 Å². The van der Waals surface area contributed by atoms with Crippen molar-refractivity contribution in [3.63, 3.8) is 0 Å². The first-order valence-corrected chi connectivity index (χ1v) is 3.00. The van der Waals surface area contributed by atoms with Crippen LogP contribution in [-0.2, 0) is 12.8 Å². The van der Waals surface area contributed by atoms with Crippen molar-refractivity contribution in [2.24, 2.45) is 5.73 Å². The van der Waals surface area contributed by atoms with E-state index in [-0.39, 0.29) is 6.04 Å². The lowest BCUT2D eigenvalue weighted by molar-refractivity contribution is 0.687. The van der Waals surface area contributed by atoms with Crippen LogP contribution in [-0.4, -0.2) is 21.5 Å². The molecule has 1 aliphatic rings. The fraction of sp³-hybridized carbons (Fsp3) is 0.600. The van der Waals surface area contributed by atoms with Crippen molar-refractivity contribution in [1.29, 1.82) is 0 Å². The summed E-state index contributed by atoms with van der Waals surface area (Å²) >= 11 is 0. The first-order chi connectivity index (χ1) is 4.36. The maximum absolute atomic E-state index is 5.64. The molecular weight excluding hydrogens is 116 g/mol. The number of fused-ring (bicyclic) bond motifs is 1. The molecule has 0 aromatic carbocycles. The van der Waals surface area contributed by atoms with Crippen molar-refractivity contribution in [3.05, 3.63) is 11.4 Å². The number of hydrogen-bond donors (Lipinski definition) is 2. The fourth-order valence-electron chi connectivity index (χ4n) is 1.17. The average molecular weight is 124 g/mol. The molecule has 9 heavy (non-hydrogen) atoms. The molecule has 0 saturated heterocycles. The van der Waals surface area contributed by atoms with Gasteiger partial charge in [-0.2, -0.15) is 15.4 Å². The van der Waals surface area contributed by atoms with Gasteiger partial charge in [-0.05, 0) is 0 Å². The van der Waals surface area contributed by atoms with Gasteiger partial charge >= 0.3 is 0 Å². The monoisotopic (exact) mass is 124 g/mol. The molecule has 1 aromatic rings. The Morgan fingerprint density at radius 3 is 2.44 bits per heavy atom. The molecule has 4 heteroatoms. The molecule has 1 aromatic heterocycles. The van der Waals surface area contributed by atoms with E-state index in [1.54, 1.807) is 0 Å². The Balaban J connectivity index is 2.39. The molecule has 1 heterocycles. The SMILES string of the molecule is NC1Cc2n[nH]nc2C1. The molecule has 1 aliphatic carbocycles. The zero-order valence-electron chi connectivity index (χ0n) is 4.96. The molecule has 0 bridgehead atoms. The normalized spacial score (nSPS) is 18.3. The highest BCUT2D eigenvalue weighted by molar-refractivity contribution is 5.17. The molecular formula is C5H8N4. The highest BCUT2D eigenvalue weighted by Crippen LogP contribution is 2.14. The Kier molecular flexibility index (Phi) is 0.843. The van der Waals surface area contributed by atoms with Crippen molar-refractivity contribution in [2.75, 3.05) is 0 Å². The maximum atomic E-state index is 5.64. The summed E-state index contributed by atoms with van der Waals surface area (Å²) in [6, 6.07) is 0.254. The largest absolute Gasteiger partial charge is 0.327 e. The summed E-state index contributed by atoms with van der Waals surface area (Å²) in [4.78, 5) is 0. The van der Waals surface area contributed by atoms with Crippen molar-refractivity contribution < 1.29 is 0 Å². The average Bonchev–Trinajstić information content (AvgIpc) is 2.22. The molecule has 0 radical (unpaired) electrons. The molecule has 2 rings (SSSR count). The van der Waals surface area contributed by atoms with Crippen molar-refractivity contribution in [1.82, 2.24) is 15.4 Å². The van der Waals surface area contributed by atoms with Gasteiger partial charge in [0.15, 0.2) is 0 Å². The minimum absolute atomic E-state index is 0.254. The van der Waals surface area contributed by atoms with Gasteiger partial charge in [-0.25, -0.2) is 0 Å². The Bertz CT molecular complexity index is 196. The fourth-order valence-corrected chi connectivity index (χ4v) is 1.17. The van der Waals surface area contributed by atoms with Gasteiger partial charge in [0.1, 0.15) is 0 Å². The Morgan fingerprint density at radius 1 is 1.33 bits per heavy atom. The van der Waals surface area contributed by atoms with Crippen molar-refractivity contribution >= 4 is 0 Å². The van der Waals surface area contributed by atoms with Crippen LogP contribution in [0.25, 0.3) is 0 Å². The molecule has 0 aliphatic heterocycles. The minimum Gasteiger partial charge on any atom is -0.327 e. The van der Waals surface area contributed by atoms with E-state index in [0.29, 0.717) is 0 Å². The summed E-state index contributed by atoms with van der Waals surface area (Å²) in [5.41, 5.74) is 7.72. The quantitative estimate of drug-likeness (QED) is 0.477. The lowest BCUT2D eigenvalue weighted by atomic mass is 10.3. The number of hydrogen-bond acceptors (Lipinski definition) is 3. The molecule has 3 N–H and O–H groups in total. The lowest BCUT2D eigenvalue weighted by Crippen LogP contribution is -2.19. The van der Waals surface area contributed by atoms with E-state index in [9.17, 15) is 0 Å². The van der Waals surface area contributed by atoms with Gasteiger partial charge in [0.25, 0.3) is 0 Å². The number of aromatic amines is 1. The predicted molar refractivity (Wildman–Crippen MR) is 31.8 cm³/mol. The van der Waals surface area contributed by atoms with Crippen LogP contribution in [0.15, 0.2) is 0 Å². The van der Waals surface area contributed by atoms with Gasteiger partial charge in [-0.15, -0.1) is 0 Å². The smallest absolute Gasteiger partial charge is 0.0872 e. The minimum atomic E-state index is 0.254. The predicted octanol–water partition coefficient (Wildman–Crippen LogP) is -0.769. The van der Waals surface area contributed by atoms with E-state index in [2.05, 4.69) is 15.4 Å². The van der Waals surface area contributed by atoms with Gasteiger partial charge in [0, 0.05) is 18.9 Å². The van der Waals surface area contributed by atoms with Crippen LogP contribution in [0.5, 0.6) is 0 Å². The van der Waals surface area contributed by atoms with E-state index >= 15 is 0 Å². The third-order valence-electron chi connectivity index (χ3n) is 1.61. The zero-order chi connectivity index (χ0) is 6.27. The van der Waals surface area contributed by atoms with E-state index < -0.39 is 0 Å². The first-order valence-electron chi connectivity index (χ1n) is 3.00. The molecule has 4 nitrogen and oxygen atoms in total. The molecule has 0 fully saturated rings. The van der Waals surface area contributed by atoms with Crippen LogP contribution >= 0.6 is 0 Å². The van der Waals surface area contributed by atoms with Crippen LogP contribution in [0.2, 0.25) is 0 Å². The summed E-state index contributed by atoms with van der Waals surface area (Å²) in [6.45, 7) is 0. The third kappa shape index (κ3) is 0.632. The van der Waals surface area contributed by atoms with Crippen LogP contribution in [0, 0.1) is 0 Å². The van der Waals surface area contributed by atoms with E-state index in [1.165, 1.54) is 0 Å². The molecule has 0 atom stereocenters. The number of rotatable bonds is 0. The van der Waals surface area contributed by atoms with Gasteiger partial charge in [0.05, 0.1) is 11.4 Å². The number of nitrogens with two attached hydrogens (primary N) is 1. The number of aromatic nitrogens is 3. The topological polar surface area (TPSA) is 67.6 Å².